The smallest absolute Gasteiger partial charge is 0.315 e. The first kappa shape index (κ1) is 13.7. The summed E-state index contributed by atoms with van der Waals surface area (Å²) >= 11 is 0. The van der Waals surface area contributed by atoms with Crippen LogP contribution in [0.5, 0.6) is 0 Å². The number of hydrogen-bond acceptors (Lipinski definition) is 3. The van der Waals surface area contributed by atoms with Crippen LogP contribution in [0.3, 0.4) is 0 Å². The molecule has 0 aromatic heterocycles. The monoisotopic (exact) mass is 235 g/mol. The molecule has 1 aromatic rings. The summed E-state index contributed by atoms with van der Waals surface area (Å²) in [5, 5.41) is 0. The molecule has 2 N–H and O–H groups in total. The van der Waals surface area contributed by atoms with Gasteiger partial charge in [0.15, 0.2) is 0 Å². The zero-order valence-corrected chi connectivity index (χ0v) is 10.6. The first-order valence-electron chi connectivity index (χ1n) is 6.17. The van der Waals surface area contributed by atoms with Crippen molar-refractivity contribution in [1.29, 1.82) is 0 Å². The van der Waals surface area contributed by atoms with E-state index in [0.717, 1.165) is 18.4 Å². The molecular weight excluding hydrogens is 214 g/mol. The fourth-order valence-electron chi connectivity index (χ4n) is 1.75. The van der Waals surface area contributed by atoms with Crippen LogP contribution in [-0.2, 0) is 9.53 Å². The Morgan fingerprint density at radius 1 is 1.29 bits per heavy atom. The van der Waals surface area contributed by atoms with Gasteiger partial charge in [-0.15, -0.1) is 0 Å². The van der Waals surface area contributed by atoms with E-state index in [2.05, 4.69) is 0 Å². The Bertz CT molecular complexity index is 337. The molecule has 3 heteroatoms. The van der Waals surface area contributed by atoms with Gasteiger partial charge in [0.25, 0.3) is 0 Å². The molecule has 0 bridgehead atoms. The molecule has 2 unspecified atom stereocenters. The largest absolute Gasteiger partial charge is 0.465 e. The first-order chi connectivity index (χ1) is 8.20. The Balaban J connectivity index is 2.85. The van der Waals surface area contributed by atoms with Gasteiger partial charge in [-0.05, 0) is 18.4 Å². The van der Waals surface area contributed by atoms with Gasteiger partial charge in [-0.25, -0.2) is 0 Å². The van der Waals surface area contributed by atoms with Crippen LogP contribution < -0.4 is 5.73 Å². The molecule has 0 amide bonds. The molecule has 1 rings (SSSR count). The van der Waals surface area contributed by atoms with E-state index in [0.29, 0.717) is 6.61 Å². The lowest BCUT2D eigenvalue weighted by molar-refractivity contribution is -0.146. The molecule has 3 nitrogen and oxygen atoms in total. The molecule has 0 aliphatic heterocycles. The van der Waals surface area contributed by atoms with Gasteiger partial charge in [0.2, 0.25) is 0 Å². The molecule has 0 saturated heterocycles. The second kappa shape index (κ2) is 7.07. The van der Waals surface area contributed by atoms with E-state index in [4.69, 9.17) is 10.5 Å². The standard InChI is InChI=1S/C14H21NO2/c1-3-10-17-14(16)13(12(15)4-2)11-8-6-5-7-9-11/h5-9,12-13H,3-4,10,15H2,1-2H3. The van der Waals surface area contributed by atoms with E-state index in [9.17, 15) is 4.79 Å². The summed E-state index contributed by atoms with van der Waals surface area (Å²) in [7, 11) is 0. The summed E-state index contributed by atoms with van der Waals surface area (Å²) in [6.45, 7) is 4.41. The zero-order chi connectivity index (χ0) is 12.7. The van der Waals surface area contributed by atoms with Crippen LogP contribution in [0, 0.1) is 0 Å². The van der Waals surface area contributed by atoms with Crippen LogP contribution in [0.2, 0.25) is 0 Å². The minimum absolute atomic E-state index is 0.193. The summed E-state index contributed by atoms with van der Waals surface area (Å²) < 4.78 is 5.21. The van der Waals surface area contributed by atoms with Crippen molar-refractivity contribution in [1.82, 2.24) is 0 Å². The average Bonchev–Trinajstić information content (AvgIpc) is 2.37. The Morgan fingerprint density at radius 2 is 1.94 bits per heavy atom. The Kier molecular flexibility index (Phi) is 5.70. The van der Waals surface area contributed by atoms with Gasteiger partial charge in [-0.3, -0.25) is 4.79 Å². The number of rotatable bonds is 6. The lowest BCUT2D eigenvalue weighted by Crippen LogP contribution is -2.34. The number of ether oxygens (including phenoxy) is 1. The Hall–Kier alpha value is -1.35. The number of nitrogens with two attached hydrogens (primary N) is 1. The first-order valence-corrected chi connectivity index (χ1v) is 6.17. The maximum Gasteiger partial charge on any atom is 0.315 e. The predicted octanol–water partition coefficient (Wildman–Crippen LogP) is 2.46. The minimum Gasteiger partial charge on any atom is -0.465 e. The number of esters is 1. The third kappa shape index (κ3) is 3.86. The van der Waals surface area contributed by atoms with E-state index in [-0.39, 0.29) is 17.9 Å². The molecule has 17 heavy (non-hydrogen) atoms. The van der Waals surface area contributed by atoms with Crippen molar-refractivity contribution < 1.29 is 9.53 Å². The molecule has 2 atom stereocenters. The van der Waals surface area contributed by atoms with Crippen molar-refractivity contribution in [3.63, 3.8) is 0 Å². The summed E-state index contributed by atoms with van der Waals surface area (Å²) in [4.78, 5) is 12.0. The molecule has 94 valence electrons. The van der Waals surface area contributed by atoms with Crippen molar-refractivity contribution in [2.45, 2.75) is 38.6 Å². The van der Waals surface area contributed by atoms with Gasteiger partial charge in [0.1, 0.15) is 0 Å². The lowest BCUT2D eigenvalue weighted by Gasteiger charge is -2.21. The van der Waals surface area contributed by atoms with Crippen molar-refractivity contribution in [3.8, 4) is 0 Å². The maximum absolute atomic E-state index is 12.0. The molecular formula is C14H21NO2. The average molecular weight is 235 g/mol. The highest BCUT2D eigenvalue weighted by Gasteiger charge is 2.27. The third-order valence-electron chi connectivity index (χ3n) is 2.76. The highest BCUT2D eigenvalue weighted by molar-refractivity contribution is 5.79. The van der Waals surface area contributed by atoms with Crippen molar-refractivity contribution in [3.05, 3.63) is 35.9 Å². The van der Waals surface area contributed by atoms with Crippen molar-refractivity contribution >= 4 is 5.97 Å². The number of carbonyl (C=O) groups is 1. The van der Waals surface area contributed by atoms with Gasteiger partial charge in [0.05, 0.1) is 12.5 Å². The van der Waals surface area contributed by atoms with Crippen molar-refractivity contribution in [2.75, 3.05) is 6.61 Å². The minimum atomic E-state index is -0.354. The molecule has 0 heterocycles. The summed E-state index contributed by atoms with van der Waals surface area (Å²) in [5.41, 5.74) is 6.95. The Labute approximate surface area is 103 Å². The molecule has 1 aromatic carbocycles. The van der Waals surface area contributed by atoms with E-state index in [1.165, 1.54) is 0 Å². The number of benzene rings is 1. The van der Waals surface area contributed by atoms with Crippen LogP contribution in [0.4, 0.5) is 0 Å². The second-order valence-corrected chi connectivity index (χ2v) is 4.13. The van der Waals surface area contributed by atoms with Gasteiger partial charge < -0.3 is 10.5 Å². The second-order valence-electron chi connectivity index (χ2n) is 4.13. The van der Waals surface area contributed by atoms with E-state index >= 15 is 0 Å². The molecule has 0 aliphatic carbocycles. The summed E-state index contributed by atoms with van der Waals surface area (Å²) in [6.07, 6.45) is 1.58. The van der Waals surface area contributed by atoms with Crippen LogP contribution >= 0.6 is 0 Å². The number of hydrogen-bond donors (Lipinski definition) is 1. The maximum atomic E-state index is 12.0. The fraction of sp³-hybridized carbons (Fsp3) is 0.500. The summed E-state index contributed by atoms with van der Waals surface area (Å²) in [6, 6.07) is 9.41. The highest BCUT2D eigenvalue weighted by Crippen LogP contribution is 2.22. The number of carbonyl (C=O) groups excluding carboxylic acids is 1. The van der Waals surface area contributed by atoms with Crippen molar-refractivity contribution in [2.24, 2.45) is 5.73 Å². The molecule has 0 radical (unpaired) electrons. The van der Waals surface area contributed by atoms with Crippen LogP contribution in [0.15, 0.2) is 30.3 Å². The quantitative estimate of drug-likeness (QED) is 0.771. The van der Waals surface area contributed by atoms with Gasteiger partial charge in [0, 0.05) is 6.04 Å². The molecule has 0 aliphatic rings. The van der Waals surface area contributed by atoms with Crippen LogP contribution in [0.1, 0.15) is 38.2 Å². The fourth-order valence-corrected chi connectivity index (χ4v) is 1.75. The van der Waals surface area contributed by atoms with E-state index in [1.807, 2.05) is 44.2 Å². The summed E-state index contributed by atoms with van der Waals surface area (Å²) in [5.74, 6) is -0.569. The zero-order valence-electron chi connectivity index (χ0n) is 10.6. The lowest BCUT2D eigenvalue weighted by atomic mass is 9.90. The van der Waals surface area contributed by atoms with Gasteiger partial charge in [-0.1, -0.05) is 44.2 Å². The van der Waals surface area contributed by atoms with Gasteiger partial charge in [-0.2, -0.15) is 0 Å². The van der Waals surface area contributed by atoms with E-state index < -0.39 is 0 Å². The highest BCUT2D eigenvalue weighted by atomic mass is 16.5. The predicted molar refractivity (Wildman–Crippen MR) is 68.7 cm³/mol. The Morgan fingerprint density at radius 3 is 2.47 bits per heavy atom. The van der Waals surface area contributed by atoms with Crippen LogP contribution in [0.25, 0.3) is 0 Å². The van der Waals surface area contributed by atoms with Crippen LogP contribution in [-0.4, -0.2) is 18.6 Å². The topological polar surface area (TPSA) is 52.3 Å². The van der Waals surface area contributed by atoms with Gasteiger partial charge >= 0.3 is 5.97 Å². The molecule has 0 spiro atoms. The SMILES string of the molecule is CCCOC(=O)C(c1ccccc1)C(N)CC. The molecule has 0 saturated carbocycles. The molecule has 0 fully saturated rings. The van der Waals surface area contributed by atoms with E-state index in [1.54, 1.807) is 0 Å². The third-order valence-corrected chi connectivity index (χ3v) is 2.76. The normalized spacial score (nSPS) is 14.1.